The molecule has 0 atom stereocenters. The van der Waals surface area contributed by atoms with Crippen molar-refractivity contribution in [3.63, 3.8) is 0 Å². The first-order valence-electron chi connectivity index (χ1n) is 7.53. The van der Waals surface area contributed by atoms with Crippen LogP contribution in [-0.2, 0) is 24.0 Å². The maximum atomic E-state index is 10.3. The van der Waals surface area contributed by atoms with Crippen LogP contribution in [-0.4, -0.2) is 206 Å². The van der Waals surface area contributed by atoms with E-state index in [0.717, 1.165) is 0 Å². The number of hydrogen-bond donors (Lipinski definition) is 10. The molecule has 0 saturated heterocycles. The van der Waals surface area contributed by atoms with E-state index >= 15 is 0 Å². The van der Waals surface area contributed by atoms with Crippen LogP contribution in [0.5, 0.6) is 0 Å². The molecule has 0 rings (SSSR count). The Morgan fingerprint density at radius 3 is 0.914 bits per heavy atom. The molecule has 0 aromatic rings. The first kappa shape index (κ1) is 60.1. The van der Waals surface area contributed by atoms with E-state index in [0.29, 0.717) is 0 Å². The molecule has 0 aromatic heterocycles. The maximum absolute atomic E-state index is 10.3. The van der Waals surface area contributed by atoms with E-state index in [-0.39, 0.29) is 125 Å². The van der Waals surface area contributed by atoms with E-state index in [1.165, 1.54) is 0 Å². The second-order valence-corrected chi connectivity index (χ2v) is 5.60. The third kappa shape index (κ3) is 39.0. The third-order valence-corrected chi connectivity index (χ3v) is 2.78. The van der Waals surface area contributed by atoms with Gasteiger partial charge in [0.1, 0.15) is 0 Å². The molecule has 0 aliphatic heterocycles. The SMILES string of the molecule is Cl.NC(CO)(CO)CO.O.O.O=C(O)CC(O)(CC(=O)O)C(=O)O.O=C(O)CCC(=O)O.[NaH].[NaH].[NaH]. The van der Waals surface area contributed by atoms with Crippen molar-refractivity contribution in [3.05, 3.63) is 0 Å². The van der Waals surface area contributed by atoms with Gasteiger partial charge in [0.15, 0.2) is 5.60 Å². The summed E-state index contributed by atoms with van der Waals surface area (Å²) in [4.78, 5) is 49.8. The van der Waals surface area contributed by atoms with Crippen LogP contribution in [0.4, 0.5) is 0 Å². The van der Waals surface area contributed by atoms with Crippen LogP contribution in [0.15, 0.2) is 0 Å². The van der Waals surface area contributed by atoms with Crippen molar-refractivity contribution in [1.29, 1.82) is 0 Å². The summed E-state index contributed by atoms with van der Waals surface area (Å²) >= 11 is 0. The fraction of sp³-hybridized carbons (Fsp3) is 0.643. The van der Waals surface area contributed by atoms with E-state index in [2.05, 4.69) is 0 Å². The van der Waals surface area contributed by atoms with Crippen LogP contribution < -0.4 is 5.73 Å². The van der Waals surface area contributed by atoms with Gasteiger partial charge in [-0.15, -0.1) is 12.4 Å². The van der Waals surface area contributed by atoms with Crippen LogP contribution >= 0.6 is 12.4 Å². The topological polar surface area (TPSA) is 356 Å². The van der Waals surface area contributed by atoms with Gasteiger partial charge in [0.25, 0.3) is 0 Å². The minimum atomic E-state index is -2.74. The Labute approximate surface area is 271 Å². The second kappa shape index (κ2) is 32.4. The Hall–Kier alpha value is 0.360. The molecule has 0 fully saturated rings. The van der Waals surface area contributed by atoms with E-state index < -0.39 is 73.6 Å². The van der Waals surface area contributed by atoms with Gasteiger partial charge >= 0.3 is 119 Å². The number of aliphatic carboxylic acids is 5. The van der Waals surface area contributed by atoms with Gasteiger partial charge in [0, 0.05) is 0 Å². The van der Waals surface area contributed by atoms with E-state index in [1.54, 1.807) is 0 Å². The average Bonchev–Trinajstić information content (AvgIpc) is 2.59. The molecule has 21 heteroatoms. The standard InChI is InChI=1S/C6H8O7.C4H11NO3.C4H6O4.ClH.3Na.2H2O.3H/c7-3(8)1-6(13,5(11)12)2-4(9)10;5-4(1-6,2-7)3-8;5-3(6)1-2-4(7)8;;;;;;;;;/h13H,1-2H2,(H,7,8)(H,9,10)(H,11,12);6-8H,1-3,5H2;1-2H2,(H,5,6)(H,7,8);1H;;;;2*1H2;;;. The fourth-order valence-corrected chi connectivity index (χ4v) is 1.08. The molecule has 0 aromatic carbocycles. The van der Waals surface area contributed by atoms with Gasteiger partial charge < -0.3 is 62.6 Å². The fourth-order valence-electron chi connectivity index (χ4n) is 1.08. The van der Waals surface area contributed by atoms with Gasteiger partial charge in [-0.25, -0.2) is 4.79 Å². The van der Waals surface area contributed by atoms with Crippen molar-refractivity contribution in [3.8, 4) is 0 Å². The Bertz CT molecular complexity index is 541. The summed E-state index contributed by atoms with van der Waals surface area (Å²) < 4.78 is 0. The summed E-state index contributed by atoms with van der Waals surface area (Å²) in [7, 11) is 0. The second-order valence-electron chi connectivity index (χ2n) is 5.60. The summed E-state index contributed by atoms with van der Waals surface area (Å²) in [5.74, 6) is -7.17. The number of nitrogens with two attached hydrogens (primary N) is 1. The predicted molar refractivity (Wildman–Crippen MR) is 126 cm³/mol. The zero-order chi connectivity index (χ0) is 23.8. The quantitative estimate of drug-likeness (QED) is 0.102. The zero-order valence-electron chi connectivity index (χ0n) is 16.5. The van der Waals surface area contributed by atoms with Crippen molar-refractivity contribution in [2.45, 2.75) is 36.8 Å². The third-order valence-electron chi connectivity index (χ3n) is 2.78. The summed E-state index contributed by atoms with van der Waals surface area (Å²) in [5.41, 5.74) is 1.20. The van der Waals surface area contributed by atoms with Crippen molar-refractivity contribution < 1.29 is 80.9 Å². The first-order chi connectivity index (χ1) is 13.1. The van der Waals surface area contributed by atoms with Crippen LogP contribution in [0.2, 0.25) is 0 Å². The Morgan fingerprint density at radius 2 is 0.829 bits per heavy atom. The van der Waals surface area contributed by atoms with E-state index in [4.69, 9.17) is 51.7 Å². The summed E-state index contributed by atoms with van der Waals surface area (Å²) in [6.07, 6.45) is -2.88. The molecule has 200 valence electrons. The van der Waals surface area contributed by atoms with Gasteiger partial charge in [-0.3, -0.25) is 19.2 Å². The van der Waals surface area contributed by atoms with Gasteiger partial charge in [-0.2, -0.15) is 0 Å². The number of carboxylic acid groups (broad SMARTS) is 5. The van der Waals surface area contributed by atoms with Crippen molar-refractivity contribution in [1.82, 2.24) is 0 Å². The van der Waals surface area contributed by atoms with Crippen LogP contribution in [0.25, 0.3) is 0 Å². The Balaban J connectivity index is -0.0000000395. The molecule has 0 aliphatic carbocycles. The van der Waals surface area contributed by atoms with Crippen LogP contribution in [0.3, 0.4) is 0 Å². The molecular formula is C14H33ClNNa3O16. The van der Waals surface area contributed by atoms with Crippen molar-refractivity contribution >= 4 is 131 Å². The monoisotopic (exact) mass is 575 g/mol. The molecule has 15 N–H and O–H groups in total. The summed E-state index contributed by atoms with van der Waals surface area (Å²) in [6.45, 7) is -1.21. The normalized spacial score (nSPS) is 8.71. The van der Waals surface area contributed by atoms with Crippen LogP contribution in [0.1, 0.15) is 25.7 Å². The first-order valence-corrected chi connectivity index (χ1v) is 7.53. The number of rotatable bonds is 11. The Morgan fingerprint density at radius 1 is 0.600 bits per heavy atom. The van der Waals surface area contributed by atoms with Gasteiger partial charge in [-0.05, 0) is 0 Å². The Kier molecular flexibility index (Phi) is 55.6. The number of aliphatic hydroxyl groups is 4. The number of carbonyl (C=O) groups is 5. The summed E-state index contributed by atoms with van der Waals surface area (Å²) in [5, 5.41) is 74.6. The molecule has 0 saturated carbocycles. The van der Waals surface area contributed by atoms with E-state index in [1.807, 2.05) is 0 Å². The number of hydrogen-bond acceptors (Lipinski definition) is 10. The molecule has 0 amide bonds. The molecule has 0 unspecified atom stereocenters. The summed E-state index contributed by atoms with van der Waals surface area (Å²) in [6, 6.07) is 0. The number of carboxylic acids is 5. The number of halogens is 1. The molecule has 0 aliphatic rings. The average molecular weight is 576 g/mol. The van der Waals surface area contributed by atoms with Crippen LogP contribution in [0, 0.1) is 0 Å². The zero-order valence-corrected chi connectivity index (χ0v) is 17.3. The predicted octanol–water partition coefficient (Wildman–Crippen LogP) is -6.82. The van der Waals surface area contributed by atoms with Gasteiger partial charge in [-0.1, -0.05) is 0 Å². The molecule has 0 radical (unpaired) electrons. The minimum absolute atomic E-state index is 0. The molecule has 35 heavy (non-hydrogen) atoms. The van der Waals surface area contributed by atoms with Gasteiger partial charge in [0.2, 0.25) is 0 Å². The van der Waals surface area contributed by atoms with Gasteiger partial charge in [0.05, 0.1) is 51.0 Å². The molecule has 0 bridgehead atoms. The molecule has 0 heterocycles. The molecular weight excluding hydrogens is 543 g/mol. The van der Waals surface area contributed by atoms with E-state index in [9.17, 15) is 24.0 Å². The molecule has 17 nitrogen and oxygen atoms in total. The molecule has 0 spiro atoms. The number of aliphatic hydroxyl groups excluding tert-OH is 3. The van der Waals surface area contributed by atoms with Crippen molar-refractivity contribution in [2.75, 3.05) is 19.8 Å². The van der Waals surface area contributed by atoms with Crippen molar-refractivity contribution in [2.24, 2.45) is 5.73 Å².